The Morgan fingerprint density at radius 1 is 1.21 bits per heavy atom. The quantitative estimate of drug-likeness (QED) is 0.447. The Kier molecular flexibility index (Phi) is 15.9. The van der Waals surface area contributed by atoms with Gasteiger partial charge in [-0.3, -0.25) is 0 Å². The Hall–Kier alpha value is 1.28. The normalized spacial score (nSPS) is 11.1. The first-order valence-electron chi connectivity index (χ1n) is 3.10. The average molecular weight is 392 g/mol. The molecule has 0 saturated heterocycles. The van der Waals surface area contributed by atoms with Crippen molar-refractivity contribution in [3.05, 3.63) is 35.9 Å². The van der Waals surface area contributed by atoms with Crippen LogP contribution in [-0.4, -0.2) is 73.0 Å². The molecule has 0 heterocycles. The minimum absolute atomic E-state index is 0. The molecule has 14 heavy (non-hydrogen) atoms. The van der Waals surface area contributed by atoms with Crippen LogP contribution in [-0.2, 0) is 4.57 Å². The van der Waals surface area contributed by atoms with Gasteiger partial charge in [-0.05, 0) is 4.57 Å². The Morgan fingerprint density at radius 2 is 1.64 bits per heavy atom. The van der Waals surface area contributed by atoms with E-state index in [0.29, 0.717) is 5.56 Å². The van der Waals surface area contributed by atoms with E-state index in [1.165, 1.54) is 0 Å². The molecule has 1 aromatic rings. The van der Waals surface area contributed by atoms with Crippen LogP contribution < -0.4 is 0 Å². The van der Waals surface area contributed by atoms with Crippen molar-refractivity contribution in [2.24, 2.45) is 0 Å². The van der Waals surface area contributed by atoms with Gasteiger partial charge in [0, 0.05) is 5.56 Å². The molecule has 0 aliphatic heterocycles. The van der Waals surface area contributed by atoms with Gasteiger partial charge in [0.05, 0.1) is 0 Å². The molecule has 76 valence electrons. The van der Waals surface area contributed by atoms with E-state index in [1.54, 1.807) is 30.3 Å². The molecule has 0 aliphatic carbocycles. The molecule has 0 fully saturated rings. The van der Waals surface area contributed by atoms with Gasteiger partial charge in [-0.1, -0.05) is 30.3 Å². The summed E-state index contributed by atoms with van der Waals surface area (Å²) in [5.74, 6) is -1.26. The summed E-state index contributed by atoms with van der Waals surface area (Å²) in [4.78, 5) is 8.53. The van der Waals surface area contributed by atoms with Crippen LogP contribution in [0.25, 0.3) is 0 Å². The van der Waals surface area contributed by atoms with Crippen LogP contribution >= 0.6 is 8.03 Å². The third-order valence-electron chi connectivity index (χ3n) is 1.31. The first-order valence-corrected chi connectivity index (χ1v) is 4.38. The summed E-state index contributed by atoms with van der Waals surface area (Å²) in [5, 5.41) is 9.06. The van der Waals surface area contributed by atoms with Crippen molar-refractivity contribution in [3.8, 4) is 0 Å². The van der Waals surface area contributed by atoms with Gasteiger partial charge in [-0.15, -0.1) is 0 Å². The van der Waals surface area contributed by atoms with Crippen LogP contribution in [0.1, 0.15) is 11.4 Å². The third kappa shape index (κ3) is 6.71. The number of hydrogen-bond acceptors (Lipinski definition) is 2. The van der Waals surface area contributed by atoms with E-state index in [2.05, 4.69) is 0 Å². The summed E-state index contributed by atoms with van der Waals surface area (Å²) in [6, 6.07) is 8.40. The van der Waals surface area contributed by atoms with Gasteiger partial charge in [-0.25, -0.2) is 0 Å². The Balaban J connectivity index is -0.000000403. The first-order chi connectivity index (χ1) is 5.22. The Bertz CT molecular complexity index is 262. The average Bonchev–Trinajstić information content (AvgIpc) is 2.05. The molecule has 0 radical (unpaired) electrons. The molecular weight excluding hydrogens is 375 g/mol. The zero-order valence-electron chi connectivity index (χ0n) is 5.71. The van der Waals surface area contributed by atoms with E-state index in [1.807, 2.05) is 0 Å². The molecular formula is C7H17AlGaInO3P+. The molecule has 0 saturated carbocycles. The van der Waals surface area contributed by atoms with Crippen LogP contribution in [0, 0.1) is 0 Å². The van der Waals surface area contributed by atoms with Crippen molar-refractivity contribution in [2.45, 2.75) is 5.85 Å². The fourth-order valence-corrected chi connectivity index (χ4v) is 1.18. The van der Waals surface area contributed by atoms with E-state index in [4.69, 9.17) is 10.00 Å². The first kappa shape index (κ1) is 20.7. The maximum atomic E-state index is 10.4. The molecule has 0 spiro atoms. The second kappa shape index (κ2) is 10.8. The van der Waals surface area contributed by atoms with Crippen LogP contribution in [0.4, 0.5) is 0 Å². The number of benzene rings is 1. The third-order valence-corrected chi connectivity index (χ3v) is 2.02. The van der Waals surface area contributed by atoms with Crippen molar-refractivity contribution in [2.75, 3.05) is 0 Å². The standard InChI is InChI=1S/C7H7O3P.Al.Ga.In.9H/c8-7(11(9)10)6-4-2-1-3-5-6;;;;;;;;;;;;/h1-5,7-8H;;;;;;;;;;;;/p+1. The van der Waals surface area contributed by atoms with E-state index in [-0.39, 0.29) is 63.0 Å². The SMILES string of the molecule is O=[P+](O)C(O)c1ccccc1.[AlH3].[GaH3].[InH3]. The van der Waals surface area contributed by atoms with Crippen LogP contribution in [0.3, 0.4) is 0 Å². The van der Waals surface area contributed by atoms with E-state index < -0.39 is 13.9 Å². The molecule has 2 N–H and O–H groups in total. The van der Waals surface area contributed by atoms with Crippen LogP contribution in [0.15, 0.2) is 30.3 Å². The van der Waals surface area contributed by atoms with E-state index in [0.717, 1.165) is 0 Å². The van der Waals surface area contributed by atoms with Gasteiger partial charge in [0.2, 0.25) is 0 Å². The zero-order valence-corrected chi connectivity index (χ0v) is 6.61. The summed E-state index contributed by atoms with van der Waals surface area (Å²) < 4.78 is 10.4. The molecule has 7 heteroatoms. The van der Waals surface area contributed by atoms with Gasteiger partial charge in [-0.2, -0.15) is 4.89 Å². The van der Waals surface area contributed by atoms with Crippen molar-refractivity contribution < 1.29 is 14.6 Å². The minimum atomic E-state index is -2.53. The molecule has 2 unspecified atom stereocenters. The van der Waals surface area contributed by atoms with Gasteiger partial charge in [0.1, 0.15) is 0 Å². The van der Waals surface area contributed by atoms with Crippen molar-refractivity contribution in [1.82, 2.24) is 0 Å². The van der Waals surface area contributed by atoms with Crippen molar-refractivity contribution in [1.29, 1.82) is 0 Å². The molecule has 0 aromatic heterocycles. The number of rotatable bonds is 2. The summed E-state index contributed by atoms with van der Waals surface area (Å²) in [7, 11) is -2.53. The predicted octanol–water partition coefficient (Wildman–Crippen LogP) is -2.14. The summed E-state index contributed by atoms with van der Waals surface area (Å²) in [5.41, 5.74) is 0.469. The van der Waals surface area contributed by atoms with Gasteiger partial charge < -0.3 is 5.11 Å². The second-order valence-electron chi connectivity index (χ2n) is 2.09. The number of hydrogen-bond donors (Lipinski definition) is 2. The Morgan fingerprint density at radius 3 is 2.00 bits per heavy atom. The number of aliphatic hydroxyl groups is 1. The van der Waals surface area contributed by atoms with Crippen LogP contribution in [0.5, 0.6) is 0 Å². The molecule has 2 atom stereocenters. The summed E-state index contributed by atoms with van der Waals surface area (Å²) >= 11 is 0. The van der Waals surface area contributed by atoms with E-state index in [9.17, 15) is 4.57 Å². The second-order valence-corrected chi connectivity index (χ2v) is 3.18. The molecule has 0 aliphatic rings. The molecule has 0 bridgehead atoms. The monoisotopic (exact) mass is 391 g/mol. The fourth-order valence-electron chi connectivity index (χ4n) is 0.753. The van der Waals surface area contributed by atoms with E-state index >= 15 is 0 Å². The van der Waals surface area contributed by atoms with Crippen molar-refractivity contribution in [3.63, 3.8) is 0 Å². The topological polar surface area (TPSA) is 57.5 Å². The fraction of sp³-hybridized carbons (Fsp3) is 0.143. The Labute approximate surface area is 126 Å². The molecule has 1 aromatic carbocycles. The summed E-state index contributed by atoms with van der Waals surface area (Å²) in [6.45, 7) is 0. The summed E-state index contributed by atoms with van der Waals surface area (Å²) in [6.07, 6.45) is 0. The van der Waals surface area contributed by atoms with Crippen molar-refractivity contribution >= 4 is 71.0 Å². The molecule has 0 amide bonds. The maximum absolute atomic E-state index is 10.4. The van der Waals surface area contributed by atoms with Gasteiger partial charge in [0.25, 0.3) is 0 Å². The number of aliphatic hydroxyl groups excluding tert-OH is 1. The zero-order chi connectivity index (χ0) is 8.27. The van der Waals surface area contributed by atoms with Gasteiger partial charge >= 0.3 is 59.5 Å². The predicted molar refractivity (Wildman–Crippen MR) is 71.0 cm³/mol. The molecule has 3 nitrogen and oxygen atoms in total. The van der Waals surface area contributed by atoms with Gasteiger partial charge in [0.15, 0.2) is 17.4 Å². The molecule has 1 rings (SSSR count). The van der Waals surface area contributed by atoms with Crippen LogP contribution in [0.2, 0.25) is 0 Å².